The van der Waals surface area contributed by atoms with Crippen LogP contribution in [0.4, 0.5) is 11.4 Å². The number of imide groups is 2. The summed E-state index contributed by atoms with van der Waals surface area (Å²) in [5, 5.41) is 1.11. The molecular formula is C51H56I6N4O14S2. The monoisotopic (exact) mass is 1770 g/mol. The minimum absolute atomic E-state index is 0.000854. The number of amides is 4. The van der Waals surface area contributed by atoms with E-state index < -0.39 is 84.1 Å². The van der Waals surface area contributed by atoms with Gasteiger partial charge >= 0.3 is 11.9 Å². The first-order valence-corrected chi connectivity index (χ1v) is 34.4. The lowest BCUT2D eigenvalue weighted by atomic mass is 9.69. The number of carbonyl (C=O) groups excluding carboxylic acids is 6. The molecular weight excluding hydrogens is 1720 g/mol. The van der Waals surface area contributed by atoms with Gasteiger partial charge in [-0.05, 0) is 187 Å². The van der Waals surface area contributed by atoms with E-state index in [1.54, 1.807) is 12.2 Å². The number of halogens is 6. The minimum Gasteiger partial charge on any atom is -0.748 e. The quantitative estimate of drug-likeness (QED) is 0.0185. The van der Waals surface area contributed by atoms with Crippen molar-refractivity contribution in [2.45, 2.75) is 121 Å². The molecule has 1 N–H and O–H groups in total. The fourth-order valence-electron chi connectivity index (χ4n) is 10.2. The molecule has 2 fully saturated rings. The van der Waals surface area contributed by atoms with Crippen LogP contribution < -0.4 is 4.90 Å². The highest BCUT2D eigenvalue weighted by atomic mass is 127. The Hall–Kier alpha value is -1.71. The normalized spacial score (nSPS) is 20.9. The Bertz CT molecular complexity index is 3100. The van der Waals surface area contributed by atoms with Crippen LogP contribution in [0.15, 0.2) is 60.4 Å². The first-order chi connectivity index (χ1) is 36.2. The lowest BCUT2D eigenvalue weighted by Crippen LogP contribution is -2.44. The molecule has 4 aliphatic rings. The van der Waals surface area contributed by atoms with Crippen LogP contribution in [-0.4, -0.2) is 107 Å². The molecule has 4 heterocycles. The van der Waals surface area contributed by atoms with Crippen LogP contribution in [0.3, 0.4) is 0 Å². The molecule has 4 amide bonds. The third-order valence-electron chi connectivity index (χ3n) is 13.9. The molecule has 3 unspecified atom stereocenters. The van der Waals surface area contributed by atoms with Gasteiger partial charge in [0.2, 0.25) is 5.69 Å². The van der Waals surface area contributed by atoms with Crippen molar-refractivity contribution in [3.05, 3.63) is 92.9 Å². The number of hydrogen-bond acceptors (Lipinski definition) is 14. The second-order valence-electron chi connectivity index (χ2n) is 19.2. The van der Waals surface area contributed by atoms with Crippen molar-refractivity contribution in [2.75, 3.05) is 29.5 Å². The molecule has 0 saturated carbocycles. The predicted molar refractivity (Wildman–Crippen MR) is 337 cm³/mol. The highest BCUT2D eigenvalue weighted by Gasteiger charge is 2.54. The molecule has 3 atom stereocenters. The van der Waals surface area contributed by atoms with Crippen LogP contribution in [0.2, 0.25) is 0 Å². The number of hydroxylamine groups is 4. The summed E-state index contributed by atoms with van der Waals surface area (Å²) in [4.78, 5) is 89.3. The van der Waals surface area contributed by atoms with Gasteiger partial charge in [-0.25, -0.2) is 18.0 Å². The lowest BCUT2D eigenvalue weighted by molar-refractivity contribution is -0.437. The van der Waals surface area contributed by atoms with E-state index in [9.17, 15) is 54.7 Å². The zero-order chi connectivity index (χ0) is 56.8. The molecule has 4 aliphatic heterocycles. The molecule has 18 nitrogen and oxygen atoms in total. The van der Waals surface area contributed by atoms with E-state index in [1.165, 1.54) is 0 Å². The van der Waals surface area contributed by atoms with E-state index in [-0.39, 0.29) is 58.0 Å². The number of allylic oxidation sites excluding steroid dienone is 8. The van der Waals surface area contributed by atoms with Crippen molar-refractivity contribution in [3.63, 3.8) is 0 Å². The standard InChI is InChI=1S/C51H56I6N4O14S2/c1-4-5-16-31(49(67)75-61-40(64)22-23-41(61)65)51(3)37(59(26-15-28-77(71,72)73)35-30-33(53)46(55)48(57)44(35)51)18-11-8-6-7-10-17-36-50(2,24-13-9-12-19-42(66)74-60-38(62)20-21-39(60)63)43-34(29-32(52)45(54)47(43)56)58(36)25-14-27-76(68,69)70/h6-8,10-11,17-18,29-31H,4-5,9,12-16,19-28H2,1-3H3,(H-,68,69,70,71,72,73). The molecule has 0 radical (unpaired) electrons. The Balaban J connectivity index is 1.36. The van der Waals surface area contributed by atoms with Gasteiger partial charge in [-0.1, -0.05) is 63.0 Å². The second kappa shape index (κ2) is 27.6. The Morgan fingerprint density at radius 2 is 1.31 bits per heavy atom. The summed E-state index contributed by atoms with van der Waals surface area (Å²) in [6, 6.07) is 4.05. The van der Waals surface area contributed by atoms with E-state index in [1.807, 2.05) is 55.2 Å². The second-order valence-corrected chi connectivity index (χ2v) is 28.9. The average molecular weight is 1770 g/mol. The summed E-state index contributed by atoms with van der Waals surface area (Å²) < 4.78 is 77.2. The molecule has 418 valence electrons. The van der Waals surface area contributed by atoms with Gasteiger partial charge in [-0.15, -0.1) is 10.1 Å². The maximum atomic E-state index is 14.5. The number of carbonyl (C=O) groups is 6. The molecule has 26 heteroatoms. The van der Waals surface area contributed by atoms with E-state index in [4.69, 9.17) is 9.68 Å². The summed E-state index contributed by atoms with van der Waals surface area (Å²) in [5.41, 5.74) is 3.22. The van der Waals surface area contributed by atoms with Crippen molar-refractivity contribution < 1.29 is 69.0 Å². The van der Waals surface area contributed by atoms with Crippen molar-refractivity contribution in [1.82, 2.24) is 10.1 Å². The molecule has 2 saturated heterocycles. The van der Waals surface area contributed by atoms with Gasteiger partial charge < -0.3 is 19.1 Å². The predicted octanol–water partition coefficient (Wildman–Crippen LogP) is 10.2. The van der Waals surface area contributed by atoms with E-state index in [2.05, 4.69) is 153 Å². The van der Waals surface area contributed by atoms with Gasteiger partial charge in [-0.3, -0.25) is 23.7 Å². The molecule has 0 bridgehead atoms. The number of anilines is 1. The van der Waals surface area contributed by atoms with Crippen LogP contribution in [0, 0.1) is 27.3 Å². The van der Waals surface area contributed by atoms with Gasteiger partial charge in [0, 0.05) is 107 Å². The number of nitrogens with zero attached hydrogens (tertiary/aromatic N) is 4. The number of unbranched alkanes of at least 4 members (excludes halogenated alkanes) is 3. The number of hydrogen-bond donors (Lipinski definition) is 1. The summed E-state index contributed by atoms with van der Waals surface area (Å²) in [5.74, 6) is -5.69. The SMILES string of the molecule is CCCCC(C(=O)ON1C(=O)CCC1=O)C1(C)/C(=C/C=C/C=C/C=C/C2=[N+](CCCS(=O)(=O)[O-])c3cc(I)c(I)c(I)c3C2(C)CCCCCC(=O)ON2C(=O)CCC2=O)N(CCCS(=O)(=O)O)c2cc(I)c(I)c(I)c21. The summed E-state index contributed by atoms with van der Waals surface area (Å²) in [7, 11) is -8.83. The molecule has 0 aromatic heterocycles. The maximum Gasteiger partial charge on any atom is 0.337 e. The Kier molecular flexibility index (Phi) is 23.1. The highest BCUT2D eigenvalue weighted by molar-refractivity contribution is 14.1. The molecule has 2 aromatic rings. The van der Waals surface area contributed by atoms with Crippen molar-refractivity contribution in [2.24, 2.45) is 5.92 Å². The van der Waals surface area contributed by atoms with Gasteiger partial charge in [0.15, 0.2) is 5.71 Å². The van der Waals surface area contributed by atoms with Gasteiger partial charge in [-0.2, -0.15) is 13.0 Å². The van der Waals surface area contributed by atoms with E-state index in [0.29, 0.717) is 54.3 Å². The number of fused-ring (bicyclic) bond motifs is 2. The zero-order valence-electron chi connectivity index (χ0n) is 42.1. The first kappa shape index (κ1) is 64.5. The van der Waals surface area contributed by atoms with Gasteiger partial charge in [0.1, 0.15) is 6.54 Å². The molecule has 0 spiro atoms. The van der Waals surface area contributed by atoms with Crippen LogP contribution in [0.1, 0.15) is 122 Å². The fraction of sp³-hybridized carbons (Fsp3) is 0.471. The third-order valence-corrected chi connectivity index (χ3v) is 25.7. The van der Waals surface area contributed by atoms with Crippen LogP contribution in [0.5, 0.6) is 0 Å². The van der Waals surface area contributed by atoms with Crippen LogP contribution in [-0.2, 0) is 69.5 Å². The topological polar surface area (TPSA) is 245 Å². The smallest absolute Gasteiger partial charge is 0.337 e. The van der Waals surface area contributed by atoms with Crippen molar-refractivity contribution in [3.8, 4) is 0 Å². The third kappa shape index (κ3) is 15.3. The Labute approximate surface area is 530 Å². The fourth-order valence-corrected chi connectivity index (χ4v) is 16.5. The van der Waals surface area contributed by atoms with Gasteiger partial charge in [0.25, 0.3) is 33.7 Å². The average Bonchev–Trinajstić information content (AvgIpc) is 3.99. The van der Waals surface area contributed by atoms with Gasteiger partial charge in [0.05, 0.1) is 32.8 Å². The van der Waals surface area contributed by atoms with Crippen LogP contribution in [0.25, 0.3) is 0 Å². The summed E-state index contributed by atoms with van der Waals surface area (Å²) in [6.07, 6.45) is 16.9. The van der Waals surface area contributed by atoms with Crippen molar-refractivity contribution >= 4 is 208 Å². The molecule has 2 aromatic carbocycles. The summed E-state index contributed by atoms with van der Waals surface area (Å²) >= 11 is 13.7. The molecule has 0 aliphatic carbocycles. The Morgan fingerprint density at radius 1 is 0.740 bits per heavy atom. The molecule has 6 rings (SSSR count). The van der Waals surface area contributed by atoms with Crippen molar-refractivity contribution in [1.29, 1.82) is 0 Å². The van der Waals surface area contributed by atoms with Crippen LogP contribution >= 0.6 is 136 Å². The van der Waals surface area contributed by atoms with E-state index >= 15 is 0 Å². The number of rotatable bonds is 25. The first-order valence-electron chi connectivity index (χ1n) is 24.7. The summed E-state index contributed by atoms with van der Waals surface area (Å²) in [6.45, 7) is 6.43. The largest absolute Gasteiger partial charge is 0.748 e. The maximum absolute atomic E-state index is 14.5. The van der Waals surface area contributed by atoms with E-state index in [0.717, 1.165) is 56.1 Å². The Morgan fingerprint density at radius 3 is 1.91 bits per heavy atom. The molecule has 77 heavy (non-hydrogen) atoms. The lowest BCUT2D eigenvalue weighted by Gasteiger charge is -2.37. The minimum atomic E-state index is -4.50. The number of benzene rings is 2. The highest BCUT2D eigenvalue weighted by Crippen LogP contribution is 2.56. The zero-order valence-corrected chi connectivity index (χ0v) is 56.7.